The third kappa shape index (κ3) is 2.88. The molecule has 1 aromatic heterocycles. The molecule has 0 saturated heterocycles. The lowest BCUT2D eigenvalue weighted by Gasteiger charge is -2.20. The first kappa shape index (κ1) is 14.6. The molecule has 19 heavy (non-hydrogen) atoms. The van der Waals surface area contributed by atoms with Crippen molar-refractivity contribution in [1.82, 2.24) is 5.32 Å². The Morgan fingerprint density at radius 2 is 2.05 bits per heavy atom. The van der Waals surface area contributed by atoms with Crippen molar-refractivity contribution < 1.29 is 8.78 Å². The predicted molar refractivity (Wildman–Crippen MR) is 78.6 cm³/mol. The van der Waals surface area contributed by atoms with E-state index in [-0.39, 0.29) is 5.56 Å². The first-order valence-electron chi connectivity index (χ1n) is 5.97. The molecule has 1 atom stereocenters. The summed E-state index contributed by atoms with van der Waals surface area (Å²) in [5.41, 5.74) is 0.539. The van der Waals surface area contributed by atoms with Gasteiger partial charge >= 0.3 is 0 Å². The van der Waals surface area contributed by atoms with Gasteiger partial charge in [-0.15, -0.1) is 11.3 Å². The molecule has 1 N–H and O–H groups in total. The lowest BCUT2D eigenvalue weighted by Crippen LogP contribution is -2.24. The average Bonchev–Trinajstić information content (AvgIpc) is 2.79. The molecule has 0 aliphatic heterocycles. The number of halogens is 3. The summed E-state index contributed by atoms with van der Waals surface area (Å²) in [4.78, 5) is 0.880. The van der Waals surface area contributed by atoms with E-state index >= 15 is 0 Å². The second kappa shape index (κ2) is 6.11. The quantitative estimate of drug-likeness (QED) is 0.839. The number of hydrogen-bond acceptors (Lipinski definition) is 2. The fourth-order valence-electron chi connectivity index (χ4n) is 1.98. The van der Waals surface area contributed by atoms with E-state index in [9.17, 15) is 8.78 Å². The monoisotopic (exact) mass is 345 g/mol. The van der Waals surface area contributed by atoms with Crippen molar-refractivity contribution in [3.8, 4) is 0 Å². The van der Waals surface area contributed by atoms with Crippen LogP contribution in [0.25, 0.3) is 0 Å². The zero-order valence-electron chi connectivity index (χ0n) is 10.6. The van der Waals surface area contributed by atoms with Crippen molar-refractivity contribution in [3.63, 3.8) is 0 Å². The molecule has 0 aliphatic rings. The molecule has 1 heterocycles. The van der Waals surface area contributed by atoms with Gasteiger partial charge in [-0.1, -0.05) is 13.0 Å². The van der Waals surface area contributed by atoms with Crippen LogP contribution in [0.2, 0.25) is 0 Å². The SMILES string of the molecule is CCNC(c1sccc1Br)c1c(F)ccc(C)c1F. The molecule has 102 valence electrons. The van der Waals surface area contributed by atoms with Crippen LogP contribution < -0.4 is 5.32 Å². The highest BCUT2D eigenvalue weighted by Crippen LogP contribution is 2.35. The molecule has 0 saturated carbocycles. The lowest BCUT2D eigenvalue weighted by atomic mass is 10.0. The Morgan fingerprint density at radius 1 is 1.32 bits per heavy atom. The average molecular weight is 346 g/mol. The van der Waals surface area contributed by atoms with Gasteiger partial charge in [0.05, 0.1) is 6.04 Å². The molecule has 0 spiro atoms. The highest BCUT2D eigenvalue weighted by Gasteiger charge is 2.25. The molecule has 1 aromatic carbocycles. The molecule has 5 heteroatoms. The van der Waals surface area contributed by atoms with Crippen LogP contribution in [0, 0.1) is 18.6 Å². The smallest absolute Gasteiger partial charge is 0.134 e. The molecule has 0 amide bonds. The van der Waals surface area contributed by atoms with Gasteiger partial charge in [0.25, 0.3) is 0 Å². The summed E-state index contributed by atoms with van der Waals surface area (Å²) >= 11 is 4.90. The lowest BCUT2D eigenvalue weighted by molar-refractivity contribution is 0.509. The van der Waals surface area contributed by atoms with Crippen molar-refractivity contribution in [1.29, 1.82) is 0 Å². The fourth-order valence-corrected chi connectivity index (χ4v) is 3.67. The molecule has 2 rings (SSSR count). The maximum absolute atomic E-state index is 14.3. The largest absolute Gasteiger partial charge is 0.306 e. The molecule has 2 aromatic rings. The molecular weight excluding hydrogens is 332 g/mol. The normalized spacial score (nSPS) is 12.7. The molecule has 0 fully saturated rings. The van der Waals surface area contributed by atoms with E-state index in [1.54, 1.807) is 6.92 Å². The summed E-state index contributed by atoms with van der Waals surface area (Å²) in [6.07, 6.45) is 0. The Labute approximate surface area is 123 Å². The van der Waals surface area contributed by atoms with Gasteiger partial charge in [0.2, 0.25) is 0 Å². The maximum atomic E-state index is 14.3. The third-order valence-corrected chi connectivity index (χ3v) is 4.86. The second-order valence-electron chi connectivity index (χ2n) is 4.22. The Balaban J connectivity index is 2.57. The van der Waals surface area contributed by atoms with Gasteiger partial charge in [0.1, 0.15) is 11.6 Å². The summed E-state index contributed by atoms with van der Waals surface area (Å²) in [5.74, 6) is -0.999. The minimum atomic E-state index is -0.519. The van der Waals surface area contributed by atoms with Crippen LogP contribution in [0.3, 0.4) is 0 Å². The van der Waals surface area contributed by atoms with E-state index in [0.717, 1.165) is 9.35 Å². The standard InChI is InChI=1S/C14H14BrF2NS/c1-3-18-13(14-9(15)6-7-19-14)11-10(16)5-4-8(2)12(11)17/h4-7,13,18H,3H2,1-2H3. The zero-order chi connectivity index (χ0) is 14.0. The van der Waals surface area contributed by atoms with Crippen LogP contribution in [0.1, 0.15) is 29.0 Å². The second-order valence-corrected chi connectivity index (χ2v) is 6.02. The van der Waals surface area contributed by atoms with Crippen LogP contribution in [0.5, 0.6) is 0 Å². The van der Waals surface area contributed by atoms with Crippen molar-refractivity contribution >= 4 is 27.3 Å². The van der Waals surface area contributed by atoms with E-state index in [1.807, 2.05) is 18.4 Å². The number of aryl methyl sites for hydroxylation is 1. The van der Waals surface area contributed by atoms with E-state index in [1.165, 1.54) is 23.5 Å². The fraction of sp³-hybridized carbons (Fsp3) is 0.286. The zero-order valence-corrected chi connectivity index (χ0v) is 13.0. The van der Waals surface area contributed by atoms with Gasteiger partial charge in [0, 0.05) is 14.9 Å². The number of nitrogens with one attached hydrogen (secondary N) is 1. The van der Waals surface area contributed by atoms with Gasteiger partial charge < -0.3 is 5.32 Å². The molecular formula is C14H14BrF2NS. The van der Waals surface area contributed by atoms with Crippen LogP contribution in [0.4, 0.5) is 8.78 Å². The summed E-state index contributed by atoms with van der Waals surface area (Å²) in [6, 6.07) is 4.19. The summed E-state index contributed by atoms with van der Waals surface area (Å²) in [6.45, 7) is 4.19. The molecule has 0 radical (unpaired) electrons. The van der Waals surface area contributed by atoms with Crippen molar-refractivity contribution in [2.75, 3.05) is 6.54 Å². The highest BCUT2D eigenvalue weighted by molar-refractivity contribution is 9.10. The minimum Gasteiger partial charge on any atom is -0.306 e. The third-order valence-electron chi connectivity index (χ3n) is 2.92. The number of benzene rings is 1. The number of thiophene rings is 1. The highest BCUT2D eigenvalue weighted by atomic mass is 79.9. The van der Waals surface area contributed by atoms with E-state index in [0.29, 0.717) is 12.1 Å². The molecule has 1 nitrogen and oxygen atoms in total. The van der Waals surface area contributed by atoms with Crippen molar-refractivity contribution in [2.24, 2.45) is 0 Å². The molecule has 1 unspecified atom stereocenters. The summed E-state index contributed by atoms with van der Waals surface area (Å²) in [5, 5.41) is 5.05. The first-order valence-corrected chi connectivity index (χ1v) is 7.64. The summed E-state index contributed by atoms with van der Waals surface area (Å²) < 4.78 is 29.2. The number of hydrogen-bond donors (Lipinski definition) is 1. The van der Waals surface area contributed by atoms with Gasteiger partial charge in [-0.05, 0) is 52.5 Å². The van der Waals surface area contributed by atoms with E-state index in [4.69, 9.17) is 0 Å². The van der Waals surface area contributed by atoms with Gasteiger partial charge in [-0.3, -0.25) is 0 Å². The van der Waals surface area contributed by atoms with E-state index in [2.05, 4.69) is 21.2 Å². The molecule has 0 aliphatic carbocycles. The predicted octanol–water partition coefficient (Wildman–Crippen LogP) is 4.80. The summed E-state index contributed by atoms with van der Waals surface area (Å²) in [7, 11) is 0. The van der Waals surface area contributed by atoms with Crippen LogP contribution in [-0.2, 0) is 0 Å². The Kier molecular flexibility index (Phi) is 4.71. The van der Waals surface area contributed by atoms with Crippen LogP contribution in [-0.4, -0.2) is 6.54 Å². The van der Waals surface area contributed by atoms with Gasteiger partial charge in [0.15, 0.2) is 0 Å². The van der Waals surface area contributed by atoms with Crippen molar-refractivity contribution in [2.45, 2.75) is 19.9 Å². The van der Waals surface area contributed by atoms with Gasteiger partial charge in [-0.2, -0.15) is 0 Å². The Morgan fingerprint density at radius 3 is 2.63 bits per heavy atom. The van der Waals surface area contributed by atoms with Gasteiger partial charge in [-0.25, -0.2) is 8.78 Å². The maximum Gasteiger partial charge on any atom is 0.134 e. The number of rotatable bonds is 4. The molecule has 0 bridgehead atoms. The van der Waals surface area contributed by atoms with E-state index < -0.39 is 17.7 Å². The minimum absolute atomic E-state index is 0.0880. The Hall–Kier alpha value is -0.780. The van der Waals surface area contributed by atoms with Crippen LogP contribution in [0.15, 0.2) is 28.1 Å². The topological polar surface area (TPSA) is 12.0 Å². The Bertz CT molecular complexity index is 583. The van der Waals surface area contributed by atoms with Crippen molar-refractivity contribution in [3.05, 3.63) is 55.7 Å². The van der Waals surface area contributed by atoms with Crippen LogP contribution >= 0.6 is 27.3 Å². The first-order chi connectivity index (χ1) is 9.06.